The summed E-state index contributed by atoms with van der Waals surface area (Å²) in [6.45, 7) is 6.50. The van der Waals surface area contributed by atoms with E-state index in [-0.39, 0.29) is 22.3 Å². The van der Waals surface area contributed by atoms with Crippen molar-refractivity contribution in [2.75, 3.05) is 0 Å². The maximum Gasteiger partial charge on any atom is -0.0500 e. The molecule has 0 radical (unpaired) electrons. The molecule has 0 bridgehead atoms. The summed E-state index contributed by atoms with van der Waals surface area (Å²) in [6.07, 6.45) is 0. The third kappa shape index (κ3) is 0. The monoisotopic (exact) mass is 106 g/mol. The van der Waals surface area contributed by atoms with Gasteiger partial charge < -0.3 is 0 Å². The lowest BCUT2D eigenvalue weighted by Gasteiger charge is -1.79. The van der Waals surface area contributed by atoms with Crippen LogP contribution in [0.5, 0.6) is 0 Å². The van der Waals surface area contributed by atoms with Gasteiger partial charge in [0.25, 0.3) is 0 Å². The van der Waals surface area contributed by atoms with E-state index in [1.165, 1.54) is 0 Å². The second-order valence-corrected chi connectivity index (χ2v) is 1.73. The van der Waals surface area contributed by atoms with Crippen LogP contribution in [0.3, 0.4) is 0 Å². The zero-order valence-corrected chi connectivity index (χ0v) is 3.58. The molecule has 0 atom stereocenters. The molecule has 0 spiro atoms. The summed E-state index contributed by atoms with van der Waals surface area (Å²) in [5.74, 6) is 0.833. The normalized spacial score (nSPS) is 5.14. The van der Waals surface area contributed by atoms with E-state index in [0.29, 0.717) is 0 Å². The third-order valence-electron chi connectivity index (χ3n) is 0. The van der Waals surface area contributed by atoms with Gasteiger partial charge in [-0.1, -0.05) is 43.1 Å². The second kappa shape index (κ2) is 16.7. The number of rotatable bonds is 0. The molecule has 0 aromatic rings. The Morgan fingerprint density at radius 2 is 0.714 bits per heavy atom. The van der Waals surface area contributed by atoms with Crippen LogP contribution in [0.25, 0.3) is 0 Å². The highest BCUT2D eigenvalue weighted by Gasteiger charge is 1.68. The Kier molecular flexibility index (Phi) is 66.7. The van der Waals surface area contributed by atoms with E-state index in [1.807, 2.05) is 0 Å². The maximum atomic E-state index is 2.17. The van der Waals surface area contributed by atoms with Crippen LogP contribution in [0.4, 0.5) is 0 Å². The van der Waals surface area contributed by atoms with Gasteiger partial charge in [-0.15, -0.1) is 0 Å². The Balaban J connectivity index is -0.0000000150. The molecule has 0 heteroatoms. The zero-order chi connectivity index (χ0) is 3.58. The molecule has 0 fully saturated rings. The Labute approximate surface area is 49.9 Å². The predicted octanol–water partition coefficient (Wildman–Crippen LogP) is 3.57. The van der Waals surface area contributed by atoms with Gasteiger partial charge in [-0.05, 0) is 5.92 Å². The number of hydrogen-bond acceptors (Lipinski definition) is 0. The van der Waals surface area contributed by atoms with E-state index in [1.54, 1.807) is 0 Å². The van der Waals surface area contributed by atoms with Crippen molar-refractivity contribution in [3.63, 3.8) is 0 Å². The summed E-state index contributed by atoms with van der Waals surface area (Å²) in [7, 11) is 0. The Morgan fingerprint density at radius 1 is 0.714 bits per heavy atom. The first kappa shape index (κ1) is 28.0. The molecule has 7 heavy (non-hydrogen) atoms. The van der Waals surface area contributed by atoms with Crippen molar-refractivity contribution in [3.8, 4) is 0 Å². The SMILES string of the molecule is C.C.C.CC(C)C. The van der Waals surface area contributed by atoms with Gasteiger partial charge in [0, 0.05) is 0 Å². The summed E-state index contributed by atoms with van der Waals surface area (Å²) in [5, 5.41) is 0. The Morgan fingerprint density at radius 3 is 0.714 bits per heavy atom. The maximum absolute atomic E-state index is 2.17. The molecular formula is C7H22. The van der Waals surface area contributed by atoms with Crippen LogP contribution in [0.2, 0.25) is 0 Å². The van der Waals surface area contributed by atoms with E-state index in [4.69, 9.17) is 0 Å². The van der Waals surface area contributed by atoms with Gasteiger partial charge >= 0.3 is 0 Å². The summed E-state index contributed by atoms with van der Waals surface area (Å²) in [4.78, 5) is 0. The molecule has 0 saturated heterocycles. The molecule has 0 aromatic carbocycles. The smallest absolute Gasteiger partial charge is 0.0500 e. The lowest BCUT2D eigenvalue weighted by Crippen LogP contribution is -1.66. The first-order valence-corrected chi connectivity index (χ1v) is 1.73. The summed E-state index contributed by atoms with van der Waals surface area (Å²) >= 11 is 0. The second-order valence-electron chi connectivity index (χ2n) is 1.73. The van der Waals surface area contributed by atoms with Gasteiger partial charge in [0.1, 0.15) is 0 Å². The molecule has 0 nitrogen and oxygen atoms in total. The first-order chi connectivity index (χ1) is 1.73. The number of hydrogen-bond donors (Lipinski definition) is 0. The van der Waals surface area contributed by atoms with Crippen LogP contribution < -0.4 is 0 Å². The molecule has 0 aliphatic heterocycles. The lowest BCUT2D eigenvalue weighted by atomic mass is 10.3. The van der Waals surface area contributed by atoms with Crippen LogP contribution in [0.15, 0.2) is 0 Å². The highest BCUT2D eigenvalue weighted by Crippen LogP contribution is 1.81. The van der Waals surface area contributed by atoms with E-state index in [2.05, 4.69) is 20.8 Å². The fourth-order valence-electron chi connectivity index (χ4n) is 0. The molecular weight excluding hydrogens is 84.1 g/mol. The van der Waals surface area contributed by atoms with Gasteiger partial charge in [-0.2, -0.15) is 0 Å². The highest BCUT2D eigenvalue weighted by molar-refractivity contribution is 4.20. The van der Waals surface area contributed by atoms with Crippen molar-refractivity contribution in [3.05, 3.63) is 0 Å². The first-order valence-electron chi connectivity index (χ1n) is 1.73. The van der Waals surface area contributed by atoms with E-state index in [0.717, 1.165) is 5.92 Å². The van der Waals surface area contributed by atoms with Crippen molar-refractivity contribution >= 4 is 0 Å². The van der Waals surface area contributed by atoms with Crippen LogP contribution in [0, 0.1) is 5.92 Å². The fourth-order valence-corrected chi connectivity index (χ4v) is 0. The van der Waals surface area contributed by atoms with Crippen LogP contribution in [0.1, 0.15) is 43.1 Å². The molecule has 0 rings (SSSR count). The average molecular weight is 106 g/mol. The molecule has 0 aliphatic rings. The topological polar surface area (TPSA) is 0 Å². The minimum absolute atomic E-state index is 0. The molecule has 0 aliphatic carbocycles. The Bertz CT molecular complexity index is 4.75. The van der Waals surface area contributed by atoms with Crippen molar-refractivity contribution in [2.45, 2.75) is 43.1 Å². The zero-order valence-electron chi connectivity index (χ0n) is 3.58. The van der Waals surface area contributed by atoms with Gasteiger partial charge in [0.2, 0.25) is 0 Å². The van der Waals surface area contributed by atoms with Gasteiger partial charge in [0.15, 0.2) is 0 Å². The fraction of sp³-hybridized carbons (Fsp3) is 1.00. The van der Waals surface area contributed by atoms with Gasteiger partial charge in [0.05, 0.1) is 0 Å². The molecule has 0 N–H and O–H groups in total. The van der Waals surface area contributed by atoms with Crippen LogP contribution in [-0.4, -0.2) is 0 Å². The molecule has 0 aromatic heterocycles. The average Bonchev–Trinajstić information content (AvgIpc) is 0.811. The third-order valence-corrected chi connectivity index (χ3v) is 0. The summed E-state index contributed by atoms with van der Waals surface area (Å²) in [6, 6.07) is 0. The van der Waals surface area contributed by atoms with Crippen LogP contribution in [-0.2, 0) is 0 Å². The molecule has 0 unspecified atom stereocenters. The van der Waals surface area contributed by atoms with Crippen molar-refractivity contribution in [1.29, 1.82) is 0 Å². The van der Waals surface area contributed by atoms with E-state index in [9.17, 15) is 0 Å². The Hall–Kier alpha value is 0. The lowest BCUT2D eigenvalue weighted by molar-refractivity contribution is 0.737. The highest BCUT2D eigenvalue weighted by atomic mass is 13.7. The van der Waals surface area contributed by atoms with Gasteiger partial charge in [-0.3, -0.25) is 0 Å². The van der Waals surface area contributed by atoms with E-state index < -0.39 is 0 Å². The van der Waals surface area contributed by atoms with Crippen molar-refractivity contribution < 1.29 is 0 Å². The molecule has 0 heterocycles. The molecule has 0 saturated carbocycles. The summed E-state index contributed by atoms with van der Waals surface area (Å²) in [5.41, 5.74) is 0. The quantitative estimate of drug-likeness (QED) is 0.443. The van der Waals surface area contributed by atoms with Crippen LogP contribution >= 0.6 is 0 Å². The predicted molar refractivity (Wildman–Crippen MR) is 40.7 cm³/mol. The molecule has 0 amide bonds. The minimum Gasteiger partial charge on any atom is -0.0776 e. The minimum atomic E-state index is 0. The van der Waals surface area contributed by atoms with Crippen molar-refractivity contribution in [1.82, 2.24) is 0 Å². The molecule has 50 valence electrons. The van der Waals surface area contributed by atoms with Crippen molar-refractivity contribution in [2.24, 2.45) is 5.92 Å². The van der Waals surface area contributed by atoms with Gasteiger partial charge in [-0.25, -0.2) is 0 Å². The largest absolute Gasteiger partial charge is 0.0776 e. The standard InChI is InChI=1S/C4H10.3CH4/c1-4(2)3;;;/h4H,1-3H3;3*1H4. The summed E-state index contributed by atoms with van der Waals surface area (Å²) < 4.78 is 0. The van der Waals surface area contributed by atoms with E-state index >= 15 is 0 Å².